The van der Waals surface area contributed by atoms with E-state index in [2.05, 4.69) is 20.9 Å². The molecule has 10 N–H and O–H groups in total. The largest absolute Gasteiger partial charge is 0.480 e. The number of nitrogens with one attached hydrogen (secondary N) is 4. The van der Waals surface area contributed by atoms with Gasteiger partial charge in [0.15, 0.2) is 0 Å². The summed E-state index contributed by atoms with van der Waals surface area (Å²) >= 11 is 0. The predicted octanol–water partition coefficient (Wildman–Crippen LogP) is -0.731. The SMILES string of the molecule is CC(C)CC(NC(=O)C(N)CCC(N)=O)C(=O)NC(C(=O)NC(Cc1c[nH]c2ccccc12)C(=O)O)C(C)O. The molecular formula is C26H38N6O7. The van der Waals surface area contributed by atoms with Gasteiger partial charge in [0.2, 0.25) is 23.6 Å². The molecule has 13 heteroatoms. The van der Waals surface area contributed by atoms with Crippen molar-refractivity contribution in [1.29, 1.82) is 0 Å². The lowest BCUT2D eigenvalue weighted by molar-refractivity contribution is -0.143. The summed E-state index contributed by atoms with van der Waals surface area (Å²) in [4.78, 5) is 64.6. The summed E-state index contributed by atoms with van der Waals surface area (Å²) in [7, 11) is 0. The van der Waals surface area contributed by atoms with Gasteiger partial charge in [0.1, 0.15) is 18.1 Å². The monoisotopic (exact) mass is 546 g/mol. The van der Waals surface area contributed by atoms with Crippen molar-refractivity contribution < 1.29 is 34.2 Å². The fraction of sp³-hybridized carbons (Fsp3) is 0.500. The van der Waals surface area contributed by atoms with Crippen LogP contribution in [0.4, 0.5) is 0 Å². The highest BCUT2D eigenvalue weighted by molar-refractivity contribution is 5.94. The zero-order chi connectivity index (χ0) is 29.3. The van der Waals surface area contributed by atoms with Crippen molar-refractivity contribution in [2.24, 2.45) is 17.4 Å². The fourth-order valence-electron chi connectivity index (χ4n) is 4.05. The number of carbonyl (C=O) groups excluding carboxylic acids is 4. The highest BCUT2D eigenvalue weighted by Crippen LogP contribution is 2.19. The molecule has 0 bridgehead atoms. The molecule has 13 nitrogen and oxygen atoms in total. The van der Waals surface area contributed by atoms with E-state index in [1.54, 1.807) is 6.20 Å². The van der Waals surface area contributed by atoms with Crippen LogP contribution in [0.15, 0.2) is 30.5 Å². The molecule has 2 aromatic rings. The minimum Gasteiger partial charge on any atom is -0.480 e. The lowest BCUT2D eigenvalue weighted by Gasteiger charge is -2.27. The third-order valence-electron chi connectivity index (χ3n) is 6.15. The average Bonchev–Trinajstić information content (AvgIpc) is 3.26. The first kappa shape index (κ1) is 31.2. The summed E-state index contributed by atoms with van der Waals surface area (Å²) in [6, 6.07) is 2.27. The second kappa shape index (κ2) is 14.3. The lowest BCUT2D eigenvalue weighted by Crippen LogP contribution is -2.60. The smallest absolute Gasteiger partial charge is 0.326 e. The van der Waals surface area contributed by atoms with Crippen LogP contribution in [0.5, 0.6) is 0 Å². The number of aliphatic carboxylic acids is 1. The van der Waals surface area contributed by atoms with Gasteiger partial charge in [-0.15, -0.1) is 0 Å². The molecule has 0 aliphatic rings. The van der Waals surface area contributed by atoms with Gasteiger partial charge in [0.25, 0.3) is 0 Å². The van der Waals surface area contributed by atoms with Crippen LogP contribution in [0, 0.1) is 5.92 Å². The zero-order valence-corrected chi connectivity index (χ0v) is 22.3. The molecule has 5 atom stereocenters. The van der Waals surface area contributed by atoms with Crippen LogP contribution in [0.25, 0.3) is 10.9 Å². The number of primary amides is 1. The molecule has 1 aromatic heterocycles. The number of fused-ring (bicyclic) bond motifs is 1. The number of amides is 4. The number of H-pyrrole nitrogens is 1. The van der Waals surface area contributed by atoms with E-state index >= 15 is 0 Å². The molecular weight excluding hydrogens is 508 g/mol. The molecule has 214 valence electrons. The van der Waals surface area contributed by atoms with E-state index in [9.17, 15) is 34.2 Å². The highest BCUT2D eigenvalue weighted by atomic mass is 16.4. The Bertz CT molecular complexity index is 1180. The van der Waals surface area contributed by atoms with Crippen molar-refractivity contribution in [2.45, 2.75) is 76.7 Å². The number of hydrogen-bond acceptors (Lipinski definition) is 7. The van der Waals surface area contributed by atoms with Gasteiger partial charge in [0.05, 0.1) is 12.1 Å². The van der Waals surface area contributed by atoms with Crippen LogP contribution >= 0.6 is 0 Å². The van der Waals surface area contributed by atoms with Gasteiger partial charge in [-0.2, -0.15) is 0 Å². The number of benzene rings is 1. The second-order valence-electron chi connectivity index (χ2n) is 9.99. The second-order valence-corrected chi connectivity index (χ2v) is 9.99. The van der Waals surface area contributed by atoms with Crippen molar-refractivity contribution in [1.82, 2.24) is 20.9 Å². The van der Waals surface area contributed by atoms with E-state index in [0.717, 1.165) is 10.9 Å². The molecule has 1 heterocycles. The zero-order valence-electron chi connectivity index (χ0n) is 22.3. The third-order valence-corrected chi connectivity index (χ3v) is 6.15. The summed E-state index contributed by atoms with van der Waals surface area (Å²) in [5.41, 5.74) is 12.4. The Labute approximate surface area is 226 Å². The van der Waals surface area contributed by atoms with E-state index in [-0.39, 0.29) is 31.6 Å². The Morgan fingerprint density at radius 3 is 2.18 bits per heavy atom. The molecule has 2 rings (SSSR count). The highest BCUT2D eigenvalue weighted by Gasteiger charge is 2.33. The Kier molecular flexibility index (Phi) is 11.4. The van der Waals surface area contributed by atoms with Crippen LogP contribution in [0.2, 0.25) is 0 Å². The Morgan fingerprint density at radius 1 is 0.949 bits per heavy atom. The molecule has 39 heavy (non-hydrogen) atoms. The molecule has 0 saturated heterocycles. The fourth-order valence-corrected chi connectivity index (χ4v) is 4.05. The number of aliphatic hydroxyl groups excluding tert-OH is 1. The van der Waals surface area contributed by atoms with Gasteiger partial charge in [-0.3, -0.25) is 19.2 Å². The van der Waals surface area contributed by atoms with Crippen LogP contribution in [-0.4, -0.2) is 75.1 Å². The van der Waals surface area contributed by atoms with Gasteiger partial charge in [-0.1, -0.05) is 32.0 Å². The van der Waals surface area contributed by atoms with Crippen molar-refractivity contribution in [3.63, 3.8) is 0 Å². The number of para-hydroxylation sites is 1. The number of aromatic amines is 1. The quantitative estimate of drug-likeness (QED) is 0.142. The third kappa shape index (κ3) is 9.37. The Balaban J connectivity index is 2.13. The van der Waals surface area contributed by atoms with E-state index in [4.69, 9.17) is 11.5 Å². The Hall–Kier alpha value is -3.97. The molecule has 0 aliphatic carbocycles. The maximum Gasteiger partial charge on any atom is 0.326 e. The number of aliphatic hydroxyl groups is 1. The summed E-state index contributed by atoms with van der Waals surface area (Å²) < 4.78 is 0. The standard InChI is InChI=1S/C26H38N6O7/c1-13(2)10-19(30-23(35)17(27)8-9-21(28)34)24(36)32-22(14(3)33)25(37)31-20(26(38)39)11-15-12-29-18-7-5-4-6-16(15)18/h4-7,12-14,17,19-20,22,29,33H,8-11,27H2,1-3H3,(H2,28,34)(H,30,35)(H,31,37)(H,32,36)(H,38,39). The number of nitrogens with two attached hydrogens (primary N) is 2. The number of carbonyl (C=O) groups is 5. The van der Waals surface area contributed by atoms with Gasteiger partial charge >= 0.3 is 5.97 Å². The first-order valence-electron chi connectivity index (χ1n) is 12.7. The molecule has 0 saturated carbocycles. The summed E-state index contributed by atoms with van der Waals surface area (Å²) in [5, 5.41) is 28.1. The lowest BCUT2D eigenvalue weighted by atomic mass is 10.0. The molecule has 0 spiro atoms. The van der Waals surface area contributed by atoms with Gasteiger partial charge < -0.3 is 42.6 Å². The predicted molar refractivity (Wildman–Crippen MR) is 143 cm³/mol. The van der Waals surface area contributed by atoms with E-state index in [1.165, 1.54) is 6.92 Å². The van der Waals surface area contributed by atoms with E-state index in [0.29, 0.717) is 5.56 Å². The number of carboxylic acid groups (broad SMARTS) is 1. The van der Waals surface area contributed by atoms with E-state index in [1.807, 2.05) is 38.1 Å². The molecule has 5 unspecified atom stereocenters. The normalized spacial score (nSPS) is 15.1. The molecule has 0 fully saturated rings. The van der Waals surface area contributed by atoms with Crippen molar-refractivity contribution in [3.8, 4) is 0 Å². The first-order chi connectivity index (χ1) is 18.3. The van der Waals surface area contributed by atoms with Crippen LogP contribution in [-0.2, 0) is 30.4 Å². The summed E-state index contributed by atoms with van der Waals surface area (Å²) in [6.45, 7) is 4.91. The van der Waals surface area contributed by atoms with Gasteiger partial charge in [-0.25, -0.2) is 4.79 Å². The van der Waals surface area contributed by atoms with Gasteiger partial charge in [0, 0.05) is 29.9 Å². The average molecular weight is 547 g/mol. The van der Waals surface area contributed by atoms with Crippen LogP contribution in [0.3, 0.4) is 0 Å². The van der Waals surface area contributed by atoms with Crippen molar-refractivity contribution in [2.75, 3.05) is 0 Å². The topological polar surface area (TPSA) is 230 Å². The maximum absolute atomic E-state index is 13.1. The minimum atomic E-state index is -1.50. The number of carboxylic acids is 1. The first-order valence-corrected chi connectivity index (χ1v) is 12.7. The van der Waals surface area contributed by atoms with E-state index < -0.39 is 59.9 Å². The van der Waals surface area contributed by atoms with Crippen LogP contribution in [0.1, 0.15) is 45.6 Å². The molecule has 1 aromatic carbocycles. The van der Waals surface area contributed by atoms with Crippen molar-refractivity contribution in [3.05, 3.63) is 36.0 Å². The molecule has 4 amide bonds. The molecule has 0 radical (unpaired) electrons. The van der Waals surface area contributed by atoms with Crippen LogP contribution < -0.4 is 27.4 Å². The summed E-state index contributed by atoms with van der Waals surface area (Å²) in [5.74, 6) is -4.31. The maximum atomic E-state index is 13.1. The summed E-state index contributed by atoms with van der Waals surface area (Å²) in [6.07, 6.45) is 0.303. The number of aromatic nitrogens is 1. The van der Waals surface area contributed by atoms with Gasteiger partial charge in [-0.05, 0) is 37.3 Å². The van der Waals surface area contributed by atoms with Crippen molar-refractivity contribution >= 4 is 40.5 Å². The Morgan fingerprint density at radius 2 is 1.59 bits per heavy atom. The minimum absolute atomic E-state index is 0.0110. The molecule has 0 aliphatic heterocycles. The number of rotatable bonds is 15. The number of hydrogen-bond donors (Lipinski definition) is 8.